The molecule has 0 aromatic heterocycles. The first-order valence-electron chi connectivity index (χ1n) is 4.83. The molecule has 0 aliphatic heterocycles. The molecule has 1 aromatic carbocycles. The summed E-state index contributed by atoms with van der Waals surface area (Å²) in [5.41, 5.74) is 0.816. The Hall–Kier alpha value is -1.26. The lowest BCUT2D eigenvalue weighted by Gasteiger charge is -2.21. The fraction of sp³-hybridized carbons (Fsp3) is 0.273. The highest BCUT2D eigenvalue weighted by Crippen LogP contribution is 2.11. The van der Waals surface area contributed by atoms with Crippen LogP contribution in [0.3, 0.4) is 0 Å². The fourth-order valence-corrected chi connectivity index (χ4v) is 1.59. The van der Waals surface area contributed by atoms with Crippen molar-refractivity contribution in [2.75, 3.05) is 6.54 Å². The summed E-state index contributed by atoms with van der Waals surface area (Å²) in [6.45, 7) is -0.258. The first-order valence-corrected chi connectivity index (χ1v) is 5.70. The Kier molecular flexibility index (Phi) is 5.25. The van der Waals surface area contributed by atoms with Gasteiger partial charge in [0, 0.05) is 6.54 Å². The van der Waals surface area contributed by atoms with E-state index < -0.39 is 23.3 Å². The van der Waals surface area contributed by atoms with E-state index in [1.54, 1.807) is 24.3 Å². The summed E-state index contributed by atoms with van der Waals surface area (Å²) in [5.74, 6) is -1.72. The summed E-state index contributed by atoms with van der Waals surface area (Å²) in [6.07, 6.45) is 0. The fourth-order valence-electron chi connectivity index (χ4n) is 1.32. The van der Waals surface area contributed by atoms with Gasteiger partial charge in [0.05, 0.1) is 0 Å². The maximum atomic E-state index is 11.6. The standard InChI is InChI=1S/C11H11Cl2NO3/c12-10(13)11(17)14(7-9(15)16)6-8-4-2-1-3-5-8/h1-5,10H,6-7H2,(H,15,16). The minimum Gasteiger partial charge on any atom is -0.480 e. The van der Waals surface area contributed by atoms with Gasteiger partial charge in [0.2, 0.25) is 0 Å². The zero-order chi connectivity index (χ0) is 12.8. The van der Waals surface area contributed by atoms with E-state index in [0.29, 0.717) is 0 Å². The monoisotopic (exact) mass is 275 g/mol. The van der Waals surface area contributed by atoms with Crippen LogP contribution >= 0.6 is 23.2 Å². The third kappa shape index (κ3) is 4.63. The molecule has 0 saturated carbocycles. The molecule has 0 heterocycles. The summed E-state index contributed by atoms with van der Waals surface area (Å²) in [6, 6.07) is 9.02. The number of carbonyl (C=O) groups is 2. The zero-order valence-corrected chi connectivity index (χ0v) is 10.4. The molecule has 1 aromatic rings. The van der Waals surface area contributed by atoms with Crippen molar-refractivity contribution < 1.29 is 14.7 Å². The van der Waals surface area contributed by atoms with Crippen LogP contribution in [0.1, 0.15) is 5.56 Å². The molecule has 0 spiro atoms. The molecule has 0 radical (unpaired) electrons. The molecular weight excluding hydrogens is 265 g/mol. The Bertz CT molecular complexity index is 395. The van der Waals surface area contributed by atoms with Crippen LogP contribution in [0.5, 0.6) is 0 Å². The van der Waals surface area contributed by atoms with Gasteiger partial charge in [-0.1, -0.05) is 53.5 Å². The van der Waals surface area contributed by atoms with E-state index in [2.05, 4.69) is 0 Å². The molecule has 0 atom stereocenters. The van der Waals surface area contributed by atoms with Crippen molar-refractivity contribution in [3.8, 4) is 0 Å². The van der Waals surface area contributed by atoms with Gasteiger partial charge in [-0.2, -0.15) is 0 Å². The van der Waals surface area contributed by atoms with Crippen LogP contribution in [0.4, 0.5) is 0 Å². The van der Waals surface area contributed by atoms with Crippen LogP contribution in [-0.2, 0) is 16.1 Å². The number of alkyl halides is 2. The number of amides is 1. The summed E-state index contributed by atoms with van der Waals surface area (Å²) in [7, 11) is 0. The summed E-state index contributed by atoms with van der Waals surface area (Å²) < 4.78 is 0. The molecule has 1 N–H and O–H groups in total. The van der Waals surface area contributed by atoms with E-state index in [0.717, 1.165) is 10.5 Å². The number of carbonyl (C=O) groups excluding carboxylic acids is 1. The Balaban J connectivity index is 2.77. The summed E-state index contributed by atoms with van der Waals surface area (Å²) in [4.78, 5) is 22.1. The van der Waals surface area contributed by atoms with Crippen molar-refractivity contribution in [2.24, 2.45) is 0 Å². The van der Waals surface area contributed by atoms with Crippen LogP contribution in [0.2, 0.25) is 0 Å². The number of benzene rings is 1. The molecule has 17 heavy (non-hydrogen) atoms. The molecule has 0 fully saturated rings. The molecular formula is C11H11Cl2NO3. The second-order valence-electron chi connectivity index (χ2n) is 3.37. The predicted molar refractivity (Wildman–Crippen MR) is 65.0 cm³/mol. The Labute approximate surface area is 109 Å². The summed E-state index contributed by atoms with van der Waals surface area (Å²) >= 11 is 10.9. The van der Waals surface area contributed by atoms with E-state index in [1.165, 1.54) is 0 Å². The summed E-state index contributed by atoms with van der Waals surface area (Å²) in [5, 5.41) is 8.71. The van der Waals surface area contributed by atoms with Gasteiger partial charge in [-0.3, -0.25) is 9.59 Å². The molecule has 1 rings (SSSR count). The third-order valence-electron chi connectivity index (χ3n) is 2.04. The number of hydrogen-bond acceptors (Lipinski definition) is 2. The van der Waals surface area contributed by atoms with Crippen LogP contribution in [0.15, 0.2) is 30.3 Å². The highest BCUT2D eigenvalue weighted by Gasteiger charge is 2.22. The van der Waals surface area contributed by atoms with E-state index >= 15 is 0 Å². The number of nitrogens with zero attached hydrogens (tertiary/aromatic N) is 1. The minimum atomic E-state index is -1.25. The number of halogens is 2. The average Bonchev–Trinajstić information content (AvgIpc) is 2.28. The van der Waals surface area contributed by atoms with Gasteiger partial charge >= 0.3 is 5.97 Å². The quantitative estimate of drug-likeness (QED) is 0.836. The maximum Gasteiger partial charge on any atom is 0.323 e. The van der Waals surface area contributed by atoms with Gasteiger partial charge in [-0.15, -0.1) is 0 Å². The maximum absolute atomic E-state index is 11.6. The first kappa shape index (κ1) is 13.8. The smallest absolute Gasteiger partial charge is 0.323 e. The molecule has 6 heteroatoms. The lowest BCUT2D eigenvalue weighted by atomic mass is 10.2. The second kappa shape index (κ2) is 6.47. The third-order valence-corrected chi connectivity index (χ3v) is 2.41. The van der Waals surface area contributed by atoms with Crippen molar-refractivity contribution >= 4 is 35.1 Å². The Morgan fingerprint density at radius 3 is 2.29 bits per heavy atom. The van der Waals surface area contributed by atoms with E-state index in [9.17, 15) is 9.59 Å². The SMILES string of the molecule is O=C(O)CN(Cc1ccccc1)C(=O)C(Cl)Cl. The molecule has 0 aliphatic rings. The zero-order valence-electron chi connectivity index (χ0n) is 8.85. The van der Waals surface area contributed by atoms with E-state index in [-0.39, 0.29) is 6.54 Å². The predicted octanol–water partition coefficient (Wildman–Crippen LogP) is 1.90. The highest BCUT2D eigenvalue weighted by atomic mass is 35.5. The minimum absolute atomic E-state index is 0.169. The largest absolute Gasteiger partial charge is 0.480 e. The molecule has 0 bridgehead atoms. The van der Waals surface area contributed by atoms with Crippen molar-refractivity contribution in [3.63, 3.8) is 0 Å². The van der Waals surface area contributed by atoms with Gasteiger partial charge < -0.3 is 10.0 Å². The van der Waals surface area contributed by atoms with E-state index in [1.807, 2.05) is 6.07 Å². The van der Waals surface area contributed by atoms with Crippen molar-refractivity contribution in [1.29, 1.82) is 0 Å². The normalized spacial score (nSPS) is 10.3. The number of carboxylic acid groups (broad SMARTS) is 1. The molecule has 92 valence electrons. The number of carboxylic acids is 1. The number of rotatable bonds is 5. The molecule has 0 aliphatic carbocycles. The van der Waals surface area contributed by atoms with Crippen LogP contribution in [0.25, 0.3) is 0 Å². The molecule has 0 saturated heterocycles. The number of hydrogen-bond donors (Lipinski definition) is 1. The average molecular weight is 276 g/mol. The highest BCUT2D eigenvalue weighted by molar-refractivity contribution is 6.53. The van der Waals surface area contributed by atoms with Gasteiger partial charge in [0.15, 0.2) is 4.84 Å². The van der Waals surface area contributed by atoms with E-state index in [4.69, 9.17) is 28.3 Å². The Morgan fingerprint density at radius 2 is 1.82 bits per heavy atom. The van der Waals surface area contributed by atoms with Crippen molar-refractivity contribution in [2.45, 2.75) is 11.4 Å². The van der Waals surface area contributed by atoms with Gasteiger partial charge in [-0.05, 0) is 5.56 Å². The second-order valence-corrected chi connectivity index (χ2v) is 4.47. The van der Waals surface area contributed by atoms with Crippen LogP contribution < -0.4 is 0 Å². The van der Waals surface area contributed by atoms with Crippen LogP contribution in [0, 0.1) is 0 Å². The van der Waals surface area contributed by atoms with Crippen LogP contribution in [-0.4, -0.2) is 33.3 Å². The first-order chi connectivity index (χ1) is 8.00. The molecule has 0 unspecified atom stereocenters. The Morgan fingerprint density at radius 1 is 1.24 bits per heavy atom. The van der Waals surface area contributed by atoms with Crippen molar-refractivity contribution in [3.05, 3.63) is 35.9 Å². The van der Waals surface area contributed by atoms with Gasteiger partial charge in [0.1, 0.15) is 6.54 Å². The lowest BCUT2D eigenvalue weighted by Crippen LogP contribution is -2.38. The molecule has 1 amide bonds. The topological polar surface area (TPSA) is 57.6 Å². The number of aliphatic carboxylic acids is 1. The van der Waals surface area contributed by atoms with Gasteiger partial charge in [-0.25, -0.2) is 0 Å². The van der Waals surface area contributed by atoms with Crippen molar-refractivity contribution in [1.82, 2.24) is 4.90 Å². The lowest BCUT2D eigenvalue weighted by molar-refractivity contribution is -0.144. The molecule has 4 nitrogen and oxygen atoms in total. The van der Waals surface area contributed by atoms with Gasteiger partial charge in [0.25, 0.3) is 5.91 Å².